The predicted octanol–water partition coefficient (Wildman–Crippen LogP) is 5.71. The number of furan rings is 1. The van der Waals surface area contributed by atoms with Crippen molar-refractivity contribution in [3.8, 4) is 5.75 Å². The zero-order chi connectivity index (χ0) is 20.2. The van der Waals surface area contributed by atoms with E-state index in [-0.39, 0.29) is 11.3 Å². The fourth-order valence-corrected chi connectivity index (χ4v) is 3.61. The smallest absolute Gasteiger partial charge is 0.275 e. The normalized spacial score (nSPS) is 11.2. The molecule has 1 aromatic heterocycles. The Morgan fingerprint density at radius 2 is 1.76 bits per heavy atom. The maximum absolute atomic E-state index is 12.3. The minimum Gasteiger partial charge on any atom is -0.507 e. The molecule has 1 amide bonds. The van der Waals surface area contributed by atoms with Gasteiger partial charge < -0.3 is 9.52 Å². The zero-order valence-corrected chi connectivity index (χ0v) is 16.6. The molecule has 1 heterocycles. The summed E-state index contributed by atoms with van der Waals surface area (Å²) in [4.78, 5) is 13.3. The van der Waals surface area contributed by atoms with E-state index in [9.17, 15) is 9.90 Å². The number of rotatable bonds is 5. The van der Waals surface area contributed by atoms with Gasteiger partial charge in [0.05, 0.1) is 11.8 Å². The van der Waals surface area contributed by atoms with Crippen molar-refractivity contribution in [2.75, 3.05) is 0 Å². The molecule has 0 fully saturated rings. The molecule has 0 atom stereocenters. The summed E-state index contributed by atoms with van der Waals surface area (Å²) in [5, 5.41) is 17.1. The Morgan fingerprint density at radius 3 is 2.52 bits per heavy atom. The van der Waals surface area contributed by atoms with E-state index in [0.29, 0.717) is 15.9 Å². The van der Waals surface area contributed by atoms with Crippen molar-refractivity contribution in [2.45, 2.75) is 9.99 Å². The van der Waals surface area contributed by atoms with Gasteiger partial charge in [-0.1, -0.05) is 47.6 Å². The van der Waals surface area contributed by atoms with Crippen molar-refractivity contribution in [3.05, 3.63) is 89.1 Å². The Morgan fingerprint density at radius 1 is 1.03 bits per heavy atom. The maximum Gasteiger partial charge on any atom is 0.275 e. The van der Waals surface area contributed by atoms with Crippen LogP contribution >= 0.6 is 23.4 Å². The fraction of sp³-hybridized carbons (Fsp3) is 0. The van der Waals surface area contributed by atoms with Gasteiger partial charge in [-0.05, 0) is 59.3 Å². The average Bonchev–Trinajstić information content (AvgIpc) is 3.16. The summed E-state index contributed by atoms with van der Waals surface area (Å²) in [6.07, 6.45) is 1.40. The number of hydrazone groups is 1. The first-order valence-electron chi connectivity index (χ1n) is 8.67. The molecule has 0 bridgehead atoms. The van der Waals surface area contributed by atoms with Crippen molar-refractivity contribution < 1.29 is 14.3 Å². The van der Waals surface area contributed by atoms with Crippen LogP contribution in [0, 0.1) is 0 Å². The molecule has 0 radical (unpaired) electrons. The van der Waals surface area contributed by atoms with Crippen LogP contribution in [0.15, 0.2) is 92.3 Å². The number of phenolic OH excluding ortho intramolecular Hbond substituents is 1. The van der Waals surface area contributed by atoms with E-state index in [1.807, 2.05) is 54.6 Å². The highest BCUT2D eigenvalue weighted by molar-refractivity contribution is 7.99. The third kappa shape index (κ3) is 4.62. The Bertz CT molecular complexity index is 1200. The highest BCUT2D eigenvalue weighted by atomic mass is 35.5. The van der Waals surface area contributed by atoms with Crippen LogP contribution in [-0.2, 0) is 0 Å². The minimum atomic E-state index is -0.508. The molecule has 0 spiro atoms. The van der Waals surface area contributed by atoms with Gasteiger partial charge in [-0.15, -0.1) is 0 Å². The lowest BCUT2D eigenvalue weighted by Crippen LogP contribution is -2.17. The van der Waals surface area contributed by atoms with Crippen molar-refractivity contribution in [3.63, 3.8) is 0 Å². The van der Waals surface area contributed by atoms with Crippen LogP contribution in [0.25, 0.3) is 10.8 Å². The molecule has 0 saturated carbocycles. The van der Waals surface area contributed by atoms with Crippen LogP contribution in [0.2, 0.25) is 5.02 Å². The highest BCUT2D eigenvalue weighted by Crippen LogP contribution is 2.29. The SMILES string of the molecule is O=C(NN=Cc1ccc(Sc2ccc(Cl)cc2)o1)c1cc2ccccc2cc1O. The molecule has 0 aliphatic heterocycles. The van der Waals surface area contributed by atoms with E-state index in [1.165, 1.54) is 18.0 Å². The molecule has 144 valence electrons. The molecule has 2 N–H and O–H groups in total. The molecule has 5 nitrogen and oxygen atoms in total. The monoisotopic (exact) mass is 422 g/mol. The number of nitrogens with one attached hydrogen (secondary N) is 1. The first-order chi connectivity index (χ1) is 14.1. The van der Waals surface area contributed by atoms with E-state index in [1.54, 1.807) is 18.2 Å². The van der Waals surface area contributed by atoms with E-state index >= 15 is 0 Å². The summed E-state index contributed by atoms with van der Waals surface area (Å²) in [5.74, 6) is -0.118. The standard InChI is InChI=1S/C22H15ClN2O3S/c23-16-5-8-18(9-6-16)29-21-10-7-17(28-21)13-24-25-22(27)19-11-14-3-1-2-4-15(14)12-20(19)26/h1-13,26H,(H,25,27). The van der Waals surface area contributed by atoms with Gasteiger partial charge in [-0.2, -0.15) is 5.10 Å². The van der Waals surface area contributed by atoms with E-state index in [4.69, 9.17) is 16.0 Å². The second-order valence-electron chi connectivity index (χ2n) is 6.13. The Kier molecular flexibility index (Phi) is 5.55. The van der Waals surface area contributed by atoms with Gasteiger partial charge in [0, 0.05) is 9.92 Å². The van der Waals surface area contributed by atoms with Crippen molar-refractivity contribution >= 4 is 46.3 Å². The van der Waals surface area contributed by atoms with Gasteiger partial charge in [0.2, 0.25) is 0 Å². The summed E-state index contributed by atoms with van der Waals surface area (Å²) in [7, 11) is 0. The number of aromatic hydroxyl groups is 1. The number of hydrogen-bond acceptors (Lipinski definition) is 5. The summed E-state index contributed by atoms with van der Waals surface area (Å²) >= 11 is 7.33. The molecule has 0 saturated heterocycles. The highest BCUT2D eigenvalue weighted by Gasteiger charge is 2.12. The molecule has 4 aromatic rings. The van der Waals surface area contributed by atoms with Gasteiger partial charge in [-0.25, -0.2) is 5.43 Å². The number of carbonyl (C=O) groups excluding carboxylic acids is 1. The van der Waals surface area contributed by atoms with Gasteiger partial charge >= 0.3 is 0 Å². The molecular formula is C22H15ClN2O3S. The average molecular weight is 423 g/mol. The predicted molar refractivity (Wildman–Crippen MR) is 115 cm³/mol. The number of phenols is 1. The minimum absolute atomic E-state index is 0.101. The Labute approximate surface area is 176 Å². The van der Waals surface area contributed by atoms with E-state index < -0.39 is 5.91 Å². The van der Waals surface area contributed by atoms with E-state index in [0.717, 1.165) is 15.7 Å². The van der Waals surface area contributed by atoms with Crippen LogP contribution in [0.5, 0.6) is 5.75 Å². The molecule has 29 heavy (non-hydrogen) atoms. The molecule has 4 rings (SSSR count). The van der Waals surface area contributed by atoms with Crippen molar-refractivity contribution in [2.24, 2.45) is 5.10 Å². The first kappa shape index (κ1) is 19.1. The van der Waals surface area contributed by atoms with Crippen LogP contribution < -0.4 is 5.43 Å². The largest absolute Gasteiger partial charge is 0.507 e. The summed E-state index contributed by atoms with van der Waals surface area (Å²) < 4.78 is 5.67. The van der Waals surface area contributed by atoms with Crippen molar-refractivity contribution in [1.82, 2.24) is 5.43 Å². The lowest BCUT2D eigenvalue weighted by molar-refractivity contribution is 0.0952. The van der Waals surface area contributed by atoms with Crippen LogP contribution in [0.4, 0.5) is 0 Å². The molecule has 7 heteroatoms. The second kappa shape index (κ2) is 8.43. The molecular weight excluding hydrogens is 408 g/mol. The molecule has 0 unspecified atom stereocenters. The van der Waals surface area contributed by atoms with Crippen molar-refractivity contribution in [1.29, 1.82) is 0 Å². The maximum atomic E-state index is 12.3. The van der Waals surface area contributed by atoms with Crippen LogP contribution in [0.3, 0.4) is 0 Å². The number of fused-ring (bicyclic) bond motifs is 1. The number of halogens is 1. The lowest BCUT2D eigenvalue weighted by Gasteiger charge is -2.05. The summed E-state index contributed by atoms with van der Waals surface area (Å²) in [6.45, 7) is 0. The van der Waals surface area contributed by atoms with Crippen LogP contribution in [0.1, 0.15) is 16.1 Å². The summed E-state index contributed by atoms with van der Waals surface area (Å²) in [6, 6.07) is 21.7. The van der Waals surface area contributed by atoms with Gasteiger partial charge in [-0.3, -0.25) is 4.79 Å². The van der Waals surface area contributed by atoms with Gasteiger partial charge in [0.15, 0.2) is 5.09 Å². The number of nitrogens with zero attached hydrogens (tertiary/aromatic N) is 1. The quantitative estimate of drug-likeness (QED) is 0.319. The summed E-state index contributed by atoms with van der Waals surface area (Å²) in [5.41, 5.74) is 2.56. The zero-order valence-electron chi connectivity index (χ0n) is 15.0. The topological polar surface area (TPSA) is 74.8 Å². The third-order valence-electron chi connectivity index (χ3n) is 4.10. The molecule has 0 aliphatic rings. The number of benzene rings is 3. The number of hydrogen-bond donors (Lipinski definition) is 2. The van der Waals surface area contributed by atoms with Crippen LogP contribution in [-0.4, -0.2) is 17.2 Å². The molecule has 0 aliphatic carbocycles. The lowest BCUT2D eigenvalue weighted by atomic mass is 10.1. The fourth-order valence-electron chi connectivity index (χ4n) is 2.70. The number of carbonyl (C=O) groups is 1. The van der Waals surface area contributed by atoms with Gasteiger partial charge in [0.25, 0.3) is 5.91 Å². The third-order valence-corrected chi connectivity index (χ3v) is 5.28. The second-order valence-corrected chi connectivity index (χ2v) is 7.64. The number of amides is 1. The molecule has 3 aromatic carbocycles. The van der Waals surface area contributed by atoms with E-state index in [2.05, 4.69) is 10.5 Å². The Hall–Kier alpha value is -3.22. The first-order valence-corrected chi connectivity index (χ1v) is 9.86. The van der Waals surface area contributed by atoms with Gasteiger partial charge in [0.1, 0.15) is 11.5 Å². The Balaban J connectivity index is 1.41.